The number of benzene rings is 2. The van der Waals surface area contributed by atoms with E-state index in [4.69, 9.17) is 4.42 Å². The monoisotopic (exact) mass is 416 g/mol. The van der Waals surface area contributed by atoms with Crippen molar-refractivity contribution in [2.75, 3.05) is 9.80 Å². The van der Waals surface area contributed by atoms with Gasteiger partial charge in [0, 0.05) is 23.3 Å². The average molecular weight is 417 g/mol. The van der Waals surface area contributed by atoms with Crippen molar-refractivity contribution in [2.45, 2.75) is 45.7 Å². The Morgan fingerprint density at radius 2 is 1.77 bits per heavy atom. The van der Waals surface area contributed by atoms with Crippen molar-refractivity contribution in [3.8, 4) is 0 Å². The van der Waals surface area contributed by atoms with Crippen molar-refractivity contribution >= 4 is 23.2 Å². The highest BCUT2D eigenvalue weighted by Gasteiger charge is 2.39. The Balaban J connectivity index is 1.81. The number of amides is 2. The van der Waals surface area contributed by atoms with E-state index in [9.17, 15) is 9.59 Å². The summed E-state index contributed by atoms with van der Waals surface area (Å²) in [7, 11) is 0. The van der Waals surface area contributed by atoms with Crippen LogP contribution in [0, 0.1) is 5.92 Å². The quantitative estimate of drug-likeness (QED) is 0.525. The summed E-state index contributed by atoms with van der Waals surface area (Å²) >= 11 is 0. The topological polar surface area (TPSA) is 53.8 Å². The third-order valence-electron chi connectivity index (χ3n) is 6.13. The SMILES string of the molecule is CC[C@H](C)C(=O)N(c1ccccc1)[C@@H]1C[C@@H](C)N(C(=O)c2ccco2)c2ccccc21. The van der Waals surface area contributed by atoms with Crippen LogP contribution in [0.2, 0.25) is 0 Å². The Morgan fingerprint density at radius 1 is 1.06 bits per heavy atom. The zero-order chi connectivity index (χ0) is 22.0. The van der Waals surface area contributed by atoms with Gasteiger partial charge in [-0.05, 0) is 55.7 Å². The van der Waals surface area contributed by atoms with E-state index in [1.807, 2.05) is 80.3 Å². The first-order valence-corrected chi connectivity index (χ1v) is 10.9. The summed E-state index contributed by atoms with van der Waals surface area (Å²) in [6, 6.07) is 20.8. The smallest absolute Gasteiger partial charge is 0.294 e. The molecule has 2 heterocycles. The molecule has 0 aliphatic carbocycles. The molecule has 2 amide bonds. The number of rotatable bonds is 5. The molecule has 0 saturated heterocycles. The van der Waals surface area contributed by atoms with Crippen LogP contribution in [0.15, 0.2) is 77.4 Å². The first-order valence-electron chi connectivity index (χ1n) is 10.9. The van der Waals surface area contributed by atoms with Crippen LogP contribution in [-0.2, 0) is 4.79 Å². The minimum absolute atomic E-state index is 0.0922. The fourth-order valence-electron chi connectivity index (χ4n) is 4.32. The summed E-state index contributed by atoms with van der Waals surface area (Å²) in [6.45, 7) is 6.04. The highest BCUT2D eigenvalue weighted by atomic mass is 16.3. The van der Waals surface area contributed by atoms with Crippen molar-refractivity contribution in [2.24, 2.45) is 5.92 Å². The Bertz CT molecular complexity index is 1050. The van der Waals surface area contributed by atoms with E-state index < -0.39 is 0 Å². The minimum Gasteiger partial charge on any atom is -0.459 e. The van der Waals surface area contributed by atoms with Crippen molar-refractivity contribution in [3.05, 3.63) is 84.3 Å². The van der Waals surface area contributed by atoms with Gasteiger partial charge in [-0.25, -0.2) is 0 Å². The number of fused-ring (bicyclic) bond motifs is 1. The molecule has 0 fully saturated rings. The van der Waals surface area contributed by atoms with Gasteiger partial charge in [0.15, 0.2) is 5.76 Å². The van der Waals surface area contributed by atoms with Gasteiger partial charge < -0.3 is 14.2 Å². The van der Waals surface area contributed by atoms with Gasteiger partial charge in [-0.15, -0.1) is 0 Å². The molecule has 5 nitrogen and oxygen atoms in total. The normalized spacial score (nSPS) is 18.9. The van der Waals surface area contributed by atoms with Crippen molar-refractivity contribution in [1.29, 1.82) is 0 Å². The Hall–Kier alpha value is -3.34. The lowest BCUT2D eigenvalue weighted by molar-refractivity contribution is -0.122. The largest absolute Gasteiger partial charge is 0.459 e. The number of carbonyl (C=O) groups is 2. The zero-order valence-electron chi connectivity index (χ0n) is 18.2. The van der Waals surface area contributed by atoms with Gasteiger partial charge in [-0.2, -0.15) is 0 Å². The van der Waals surface area contributed by atoms with Gasteiger partial charge in [0.1, 0.15) is 0 Å². The number of furan rings is 1. The second-order valence-electron chi connectivity index (χ2n) is 8.16. The molecule has 0 spiro atoms. The van der Waals surface area contributed by atoms with Crippen molar-refractivity contribution in [3.63, 3.8) is 0 Å². The van der Waals surface area contributed by atoms with E-state index in [0.717, 1.165) is 23.4 Å². The molecule has 3 aromatic rings. The molecular weight excluding hydrogens is 388 g/mol. The maximum absolute atomic E-state index is 13.5. The standard InChI is InChI=1S/C26H28N2O3/c1-4-18(2)25(29)28(20-11-6-5-7-12-20)23-17-19(3)27(22-14-9-8-13-21(22)23)26(30)24-15-10-16-31-24/h5-16,18-19,23H,4,17H2,1-3H3/t18-,19+,23+/m0/s1. The van der Waals surface area contributed by atoms with Crippen LogP contribution in [0.4, 0.5) is 11.4 Å². The third-order valence-corrected chi connectivity index (χ3v) is 6.13. The molecule has 31 heavy (non-hydrogen) atoms. The fourth-order valence-corrected chi connectivity index (χ4v) is 4.32. The van der Waals surface area contributed by atoms with Gasteiger partial charge in [-0.1, -0.05) is 50.2 Å². The van der Waals surface area contributed by atoms with Crippen molar-refractivity contribution in [1.82, 2.24) is 0 Å². The summed E-state index contributed by atoms with van der Waals surface area (Å²) in [5, 5.41) is 0. The van der Waals surface area contributed by atoms with Gasteiger partial charge in [0.25, 0.3) is 5.91 Å². The lowest BCUT2D eigenvalue weighted by Crippen LogP contribution is -2.48. The van der Waals surface area contributed by atoms with E-state index in [0.29, 0.717) is 12.2 Å². The predicted octanol–water partition coefficient (Wildman–Crippen LogP) is 5.84. The molecule has 4 rings (SSSR count). The minimum atomic E-state index is -0.164. The summed E-state index contributed by atoms with van der Waals surface area (Å²) in [6.07, 6.45) is 2.92. The van der Waals surface area contributed by atoms with E-state index in [-0.39, 0.29) is 29.8 Å². The van der Waals surface area contributed by atoms with Gasteiger partial charge in [0.2, 0.25) is 5.91 Å². The Morgan fingerprint density at radius 3 is 2.45 bits per heavy atom. The molecule has 0 bridgehead atoms. The van der Waals surface area contributed by atoms with E-state index in [2.05, 4.69) is 0 Å². The summed E-state index contributed by atoms with van der Waals surface area (Å²) < 4.78 is 5.38. The lowest BCUT2D eigenvalue weighted by Gasteiger charge is -2.44. The number of anilines is 2. The first-order chi connectivity index (χ1) is 15.0. The van der Waals surface area contributed by atoms with E-state index in [1.165, 1.54) is 6.26 Å². The average Bonchev–Trinajstić information content (AvgIpc) is 3.34. The number of hydrogen-bond acceptors (Lipinski definition) is 3. The molecular formula is C26H28N2O3. The molecule has 0 unspecified atom stereocenters. The second-order valence-corrected chi connectivity index (χ2v) is 8.16. The number of para-hydroxylation sites is 2. The third kappa shape index (κ3) is 3.88. The summed E-state index contributed by atoms with van der Waals surface area (Å²) in [5.41, 5.74) is 2.68. The van der Waals surface area contributed by atoms with E-state index in [1.54, 1.807) is 17.0 Å². The Labute approximate surface area is 183 Å². The van der Waals surface area contributed by atoms with Gasteiger partial charge in [-0.3, -0.25) is 9.59 Å². The van der Waals surface area contributed by atoms with Crippen LogP contribution in [0.5, 0.6) is 0 Å². The molecule has 2 aromatic carbocycles. The molecule has 0 N–H and O–H groups in total. The van der Waals surface area contributed by atoms with Crippen LogP contribution in [-0.4, -0.2) is 17.9 Å². The van der Waals surface area contributed by atoms with Crippen LogP contribution >= 0.6 is 0 Å². The maximum atomic E-state index is 13.5. The maximum Gasteiger partial charge on any atom is 0.294 e. The fraction of sp³-hybridized carbons (Fsp3) is 0.308. The van der Waals surface area contributed by atoms with Gasteiger partial charge >= 0.3 is 0 Å². The number of carbonyl (C=O) groups excluding carboxylic acids is 2. The Kier molecular flexibility index (Phi) is 5.94. The molecule has 5 heteroatoms. The summed E-state index contributed by atoms with van der Waals surface area (Å²) in [4.78, 5) is 30.5. The molecule has 1 aliphatic rings. The highest BCUT2D eigenvalue weighted by molar-refractivity contribution is 6.06. The molecule has 0 radical (unpaired) electrons. The van der Waals surface area contributed by atoms with E-state index >= 15 is 0 Å². The van der Waals surface area contributed by atoms with Crippen molar-refractivity contribution < 1.29 is 14.0 Å². The van der Waals surface area contributed by atoms with Gasteiger partial charge in [0.05, 0.1) is 12.3 Å². The molecule has 0 saturated carbocycles. The summed E-state index contributed by atoms with van der Waals surface area (Å²) in [5.74, 6) is 0.163. The predicted molar refractivity (Wildman–Crippen MR) is 122 cm³/mol. The number of hydrogen-bond donors (Lipinski definition) is 0. The van der Waals surface area contributed by atoms with Crippen LogP contribution in [0.3, 0.4) is 0 Å². The first kappa shape index (κ1) is 20.9. The highest BCUT2D eigenvalue weighted by Crippen LogP contribution is 2.43. The van der Waals surface area contributed by atoms with Crippen LogP contribution in [0.1, 0.15) is 55.8 Å². The molecule has 160 valence electrons. The zero-order valence-corrected chi connectivity index (χ0v) is 18.2. The van der Waals surface area contributed by atoms with Crippen LogP contribution in [0.25, 0.3) is 0 Å². The molecule has 1 aromatic heterocycles. The molecule has 3 atom stereocenters. The second kappa shape index (κ2) is 8.80. The lowest BCUT2D eigenvalue weighted by atomic mass is 9.89. The number of nitrogens with zero attached hydrogens (tertiary/aromatic N) is 2. The molecule has 1 aliphatic heterocycles. The van der Waals surface area contributed by atoms with Crippen LogP contribution < -0.4 is 9.80 Å².